The Morgan fingerprint density at radius 2 is 2.36 bits per heavy atom. The van der Waals surface area contributed by atoms with Gasteiger partial charge in [0.2, 0.25) is 0 Å². The highest BCUT2D eigenvalue weighted by atomic mass is 19.1. The molecule has 1 aromatic heterocycles. The van der Waals surface area contributed by atoms with Crippen molar-refractivity contribution in [3.05, 3.63) is 29.3 Å². The summed E-state index contributed by atoms with van der Waals surface area (Å²) in [4.78, 5) is 14.0. The lowest BCUT2D eigenvalue weighted by Gasteiger charge is -1.94. The topological polar surface area (TPSA) is 50.2 Å². The van der Waals surface area contributed by atoms with Crippen LogP contribution in [0.4, 0.5) is 4.39 Å². The van der Waals surface area contributed by atoms with E-state index in [1.807, 2.05) is 0 Å². The van der Waals surface area contributed by atoms with Gasteiger partial charge in [0.25, 0.3) is 0 Å². The summed E-state index contributed by atoms with van der Waals surface area (Å²) in [7, 11) is 0. The van der Waals surface area contributed by atoms with Crippen LogP contribution in [0.2, 0.25) is 0 Å². The molecular weight excluding hydrogens is 185 g/mol. The summed E-state index contributed by atoms with van der Waals surface area (Å²) < 4.78 is 13.0. The molecule has 14 heavy (non-hydrogen) atoms. The first-order valence-corrected chi connectivity index (χ1v) is 3.93. The fourth-order valence-electron chi connectivity index (χ4n) is 0.831. The number of carboxylic acids is 1. The van der Waals surface area contributed by atoms with Gasteiger partial charge in [0.05, 0.1) is 0 Å². The summed E-state index contributed by atoms with van der Waals surface area (Å²) in [5, 5.41) is 8.30. The molecule has 0 aliphatic heterocycles. The quantitative estimate of drug-likeness (QED) is 0.685. The number of rotatable bonds is 1. The Morgan fingerprint density at radius 1 is 1.64 bits per heavy atom. The number of aliphatic carboxylic acids is 1. The molecule has 0 saturated heterocycles. The monoisotopic (exact) mass is 193 g/mol. The molecule has 0 radical (unpaired) electrons. The molecule has 0 unspecified atom stereocenters. The van der Waals surface area contributed by atoms with E-state index in [0.29, 0.717) is 5.69 Å². The molecule has 1 heterocycles. The van der Waals surface area contributed by atoms with Crippen molar-refractivity contribution in [3.63, 3.8) is 0 Å². The van der Waals surface area contributed by atoms with Crippen LogP contribution in [0.1, 0.15) is 17.8 Å². The number of aromatic nitrogens is 1. The minimum atomic E-state index is -1.04. The minimum Gasteiger partial charge on any atom is -0.481 e. The highest BCUT2D eigenvalue weighted by Crippen LogP contribution is 2.03. The van der Waals surface area contributed by atoms with E-state index in [9.17, 15) is 9.18 Å². The average molecular weight is 193 g/mol. The summed E-state index contributed by atoms with van der Waals surface area (Å²) in [6, 6.07) is 2.78. The Kier molecular flexibility index (Phi) is 3.19. The van der Waals surface area contributed by atoms with Crippen LogP contribution in [0.25, 0.3) is 0 Å². The van der Waals surface area contributed by atoms with Crippen molar-refractivity contribution in [2.45, 2.75) is 13.3 Å². The van der Waals surface area contributed by atoms with E-state index in [0.717, 1.165) is 0 Å². The van der Waals surface area contributed by atoms with Crippen molar-refractivity contribution < 1.29 is 14.3 Å². The van der Waals surface area contributed by atoms with Crippen molar-refractivity contribution in [1.29, 1.82) is 0 Å². The molecule has 0 spiro atoms. The van der Waals surface area contributed by atoms with E-state index < -0.39 is 11.8 Å². The second-order valence-electron chi connectivity index (χ2n) is 2.66. The molecule has 0 amide bonds. The maximum absolute atomic E-state index is 13.0. The second-order valence-corrected chi connectivity index (χ2v) is 2.66. The predicted octanol–water partition coefficient (Wildman–Crippen LogP) is 1.36. The largest absolute Gasteiger partial charge is 0.481 e. The van der Waals surface area contributed by atoms with Gasteiger partial charge >= 0.3 is 5.97 Å². The van der Waals surface area contributed by atoms with Gasteiger partial charge in [-0.15, -0.1) is 0 Å². The highest BCUT2D eigenvalue weighted by molar-refractivity contribution is 5.70. The van der Waals surface area contributed by atoms with Gasteiger partial charge in [-0.3, -0.25) is 4.79 Å². The van der Waals surface area contributed by atoms with Crippen LogP contribution in [0.5, 0.6) is 0 Å². The predicted molar refractivity (Wildman–Crippen MR) is 48.1 cm³/mol. The summed E-state index contributed by atoms with van der Waals surface area (Å²) in [5.74, 6) is 3.11. The lowest BCUT2D eigenvalue weighted by atomic mass is 10.3. The van der Waals surface area contributed by atoms with Crippen LogP contribution < -0.4 is 0 Å². The van der Waals surface area contributed by atoms with Gasteiger partial charge in [0.1, 0.15) is 12.1 Å². The van der Waals surface area contributed by atoms with Crippen molar-refractivity contribution >= 4 is 5.97 Å². The maximum Gasteiger partial charge on any atom is 0.315 e. The fourth-order valence-corrected chi connectivity index (χ4v) is 0.831. The van der Waals surface area contributed by atoms with Gasteiger partial charge in [0, 0.05) is 5.69 Å². The first kappa shape index (κ1) is 10.2. The lowest BCUT2D eigenvalue weighted by Crippen LogP contribution is -1.93. The molecule has 0 bridgehead atoms. The first-order chi connectivity index (χ1) is 6.59. The van der Waals surface area contributed by atoms with Gasteiger partial charge in [-0.2, -0.15) is 0 Å². The molecule has 3 nitrogen and oxygen atoms in total. The summed E-state index contributed by atoms with van der Waals surface area (Å²) in [6.45, 7) is 1.71. The maximum atomic E-state index is 13.0. The minimum absolute atomic E-state index is 0.00810. The molecule has 4 heteroatoms. The molecule has 0 fully saturated rings. The van der Waals surface area contributed by atoms with Crippen LogP contribution in [0.15, 0.2) is 12.1 Å². The Labute approximate surface area is 80.6 Å². The molecule has 0 saturated carbocycles. The standard InChI is InChI=1S/C10H8FNO2/c1-7-5-6-8(11)9(12-7)3-2-4-10(13)14/h5-6H,4H2,1H3,(H,13,14). The lowest BCUT2D eigenvalue weighted by molar-refractivity contribution is -0.135. The molecule has 1 aromatic rings. The van der Waals surface area contributed by atoms with Gasteiger partial charge in [-0.05, 0) is 25.0 Å². The van der Waals surface area contributed by atoms with Gasteiger partial charge < -0.3 is 5.11 Å². The summed E-state index contributed by atoms with van der Waals surface area (Å²) in [6.07, 6.45) is -0.310. The average Bonchev–Trinajstić information content (AvgIpc) is 2.10. The first-order valence-electron chi connectivity index (χ1n) is 3.93. The fraction of sp³-hybridized carbons (Fsp3) is 0.200. The van der Waals surface area contributed by atoms with Crippen molar-refractivity contribution in [2.24, 2.45) is 0 Å². The van der Waals surface area contributed by atoms with Crippen molar-refractivity contribution in [3.8, 4) is 11.8 Å². The Balaban J connectivity index is 2.88. The normalized spacial score (nSPS) is 9.00. The Bertz CT molecular complexity index is 418. The van der Waals surface area contributed by atoms with Crippen molar-refractivity contribution in [1.82, 2.24) is 4.98 Å². The zero-order chi connectivity index (χ0) is 10.6. The molecule has 1 rings (SSSR count). The second kappa shape index (κ2) is 4.38. The summed E-state index contributed by atoms with van der Waals surface area (Å²) >= 11 is 0. The van der Waals surface area contributed by atoms with E-state index >= 15 is 0 Å². The molecule has 72 valence electrons. The molecular formula is C10H8FNO2. The SMILES string of the molecule is Cc1ccc(F)c(C#CCC(=O)O)n1. The number of hydrogen-bond acceptors (Lipinski definition) is 2. The van der Waals surface area contributed by atoms with Crippen LogP contribution in [-0.4, -0.2) is 16.1 Å². The van der Waals surface area contributed by atoms with E-state index in [4.69, 9.17) is 5.11 Å². The third-order valence-electron chi connectivity index (χ3n) is 1.43. The molecule has 0 atom stereocenters. The zero-order valence-electron chi connectivity index (χ0n) is 7.54. The molecule has 1 N–H and O–H groups in total. The van der Waals surface area contributed by atoms with Crippen LogP contribution in [-0.2, 0) is 4.79 Å². The Morgan fingerprint density at radius 3 is 3.00 bits per heavy atom. The highest BCUT2D eigenvalue weighted by Gasteiger charge is 1.99. The van der Waals surface area contributed by atoms with Crippen molar-refractivity contribution in [2.75, 3.05) is 0 Å². The number of pyridine rings is 1. The van der Waals surface area contributed by atoms with Crippen LogP contribution in [0.3, 0.4) is 0 Å². The number of hydrogen-bond donors (Lipinski definition) is 1. The van der Waals surface area contributed by atoms with Gasteiger partial charge in [-0.25, -0.2) is 9.37 Å². The number of carbonyl (C=O) groups is 1. The van der Waals surface area contributed by atoms with Gasteiger partial charge in [-0.1, -0.05) is 5.92 Å². The number of aryl methyl sites for hydroxylation is 1. The van der Waals surface area contributed by atoms with E-state index in [-0.39, 0.29) is 12.1 Å². The van der Waals surface area contributed by atoms with E-state index in [1.54, 1.807) is 6.92 Å². The molecule has 0 aromatic carbocycles. The van der Waals surface area contributed by atoms with Crippen LogP contribution >= 0.6 is 0 Å². The summed E-state index contributed by atoms with van der Waals surface area (Å²) in [5.41, 5.74) is 0.636. The third-order valence-corrected chi connectivity index (χ3v) is 1.43. The smallest absolute Gasteiger partial charge is 0.315 e. The van der Waals surface area contributed by atoms with E-state index in [2.05, 4.69) is 16.8 Å². The molecule has 0 aliphatic carbocycles. The number of carboxylic acid groups (broad SMARTS) is 1. The van der Waals surface area contributed by atoms with Gasteiger partial charge in [0.15, 0.2) is 5.82 Å². The zero-order valence-corrected chi connectivity index (χ0v) is 7.54. The third kappa shape index (κ3) is 2.87. The van der Waals surface area contributed by atoms with Crippen LogP contribution in [0, 0.1) is 24.6 Å². The molecule has 0 aliphatic rings. The number of nitrogens with zero attached hydrogens (tertiary/aromatic N) is 1. The Hall–Kier alpha value is -1.89. The number of halogens is 1. The van der Waals surface area contributed by atoms with E-state index in [1.165, 1.54) is 12.1 Å².